The van der Waals surface area contributed by atoms with Gasteiger partial charge in [0.2, 0.25) is 11.8 Å². The van der Waals surface area contributed by atoms with Crippen LogP contribution in [0.4, 0.5) is 0 Å². The van der Waals surface area contributed by atoms with Crippen molar-refractivity contribution >= 4 is 11.8 Å². The van der Waals surface area contributed by atoms with E-state index >= 15 is 0 Å². The number of fused-ring (bicyclic) bond motifs is 4. The van der Waals surface area contributed by atoms with Gasteiger partial charge < -0.3 is 19.7 Å². The largest absolute Gasteiger partial charge is 0.493 e. The van der Waals surface area contributed by atoms with Crippen molar-refractivity contribution in [2.45, 2.75) is 25.4 Å². The fourth-order valence-corrected chi connectivity index (χ4v) is 3.83. The number of likely N-dealkylation sites (N-methyl/N-ethyl adjacent to an activating group) is 1. The minimum absolute atomic E-state index is 0.0254. The van der Waals surface area contributed by atoms with Gasteiger partial charge in [-0.3, -0.25) is 14.5 Å². The topological polar surface area (TPSA) is 71.1 Å². The number of methoxy groups -OCH3 is 2. The van der Waals surface area contributed by atoms with Gasteiger partial charge in [-0.1, -0.05) is 6.07 Å². The molecule has 3 aliphatic rings. The standard InChI is InChI=1S/C19H27N3O4/c1-21-15-6-5-14(19(21)24)10-22(11-15)12-18(23)20-9-13-4-7-16(25-2)17(8-13)26-3/h4,7-8,14-15H,5-6,9-12H2,1-3H3,(H,20,23)/t14-,15+/m0/s1. The highest BCUT2D eigenvalue weighted by Crippen LogP contribution is 2.28. The van der Waals surface area contributed by atoms with Crippen LogP contribution in [0.2, 0.25) is 0 Å². The van der Waals surface area contributed by atoms with Crippen molar-refractivity contribution in [3.63, 3.8) is 0 Å². The number of amides is 2. The summed E-state index contributed by atoms with van der Waals surface area (Å²) in [5, 5.41) is 2.95. The lowest BCUT2D eigenvalue weighted by molar-refractivity contribution is -0.138. The highest BCUT2D eigenvalue weighted by atomic mass is 16.5. The zero-order valence-corrected chi connectivity index (χ0v) is 15.7. The van der Waals surface area contributed by atoms with Crippen LogP contribution in [0.5, 0.6) is 11.5 Å². The van der Waals surface area contributed by atoms with E-state index < -0.39 is 0 Å². The molecule has 2 atom stereocenters. The van der Waals surface area contributed by atoms with Crippen LogP contribution in [-0.2, 0) is 16.1 Å². The SMILES string of the molecule is COc1ccc(CNC(=O)CN2C[C@@H]3CC[C@H](C2)N(C)C3=O)cc1OC. The van der Waals surface area contributed by atoms with Gasteiger partial charge in [0.05, 0.1) is 26.7 Å². The fraction of sp³-hybridized carbons (Fsp3) is 0.579. The van der Waals surface area contributed by atoms with Crippen LogP contribution in [0.3, 0.4) is 0 Å². The Balaban J connectivity index is 1.54. The van der Waals surface area contributed by atoms with E-state index in [1.165, 1.54) is 0 Å². The first-order valence-corrected chi connectivity index (χ1v) is 8.98. The van der Waals surface area contributed by atoms with Gasteiger partial charge in [0.1, 0.15) is 0 Å². The number of hydrogen-bond donors (Lipinski definition) is 1. The van der Waals surface area contributed by atoms with Crippen molar-refractivity contribution in [2.75, 3.05) is 40.9 Å². The fourth-order valence-electron chi connectivity index (χ4n) is 3.83. The first-order valence-electron chi connectivity index (χ1n) is 8.98. The number of ether oxygens (including phenoxy) is 2. The van der Waals surface area contributed by atoms with E-state index in [9.17, 15) is 9.59 Å². The Morgan fingerprint density at radius 3 is 2.69 bits per heavy atom. The Bertz CT molecular complexity index is 679. The molecule has 0 unspecified atom stereocenters. The van der Waals surface area contributed by atoms with E-state index in [0.29, 0.717) is 31.1 Å². The molecule has 0 saturated carbocycles. The number of carbonyl (C=O) groups excluding carboxylic acids is 2. The van der Waals surface area contributed by atoms with Gasteiger partial charge in [0.15, 0.2) is 11.5 Å². The summed E-state index contributed by atoms with van der Waals surface area (Å²) in [6.45, 7) is 2.19. The second-order valence-corrected chi connectivity index (χ2v) is 7.04. The van der Waals surface area contributed by atoms with Crippen LogP contribution in [0.1, 0.15) is 18.4 Å². The van der Waals surface area contributed by atoms with E-state index in [1.807, 2.05) is 30.1 Å². The van der Waals surface area contributed by atoms with Crippen LogP contribution >= 0.6 is 0 Å². The minimum atomic E-state index is -0.0313. The molecule has 0 aliphatic carbocycles. The molecule has 1 aromatic carbocycles. The van der Waals surface area contributed by atoms with E-state index in [2.05, 4.69) is 10.2 Å². The van der Waals surface area contributed by atoms with Crippen molar-refractivity contribution in [3.05, 3.63) is 23.8 Å². The second-order valence-electron chi connectivity index (χ2n) is 7.04. The van der Waals surface area contributed by atoms with Gasteiger partial charge >= 0.3 is 0 Å². The van der Waals surface area contributed by atoms with Crippen molar-refractivity contribution in [3.8, 4) is 11.5 Å². The van der Waals surface area contributed by atoms with Gasteiger partial charge in [-0.2, -0.15) is 0 Å². The molecule has 26 heavy (non-hydrogen) atoms. The summed E-state index contributed by atoms with van der Waals surface area (Å²) in [6.07, 6.45) is 1.95. The van der Waals surface area contributed by atoms with Gasteiger partial charge in [-0.15, -0.1) is 0 Å². The molecule has 3 saturated heterocycles. The van der Waals surface area contributed by atoms with Gasteiger partial charge in [0, 0.05) is 32.7 Å². The number of nitrogens with one attached hydrogen (secondary N) is 1. The van der Waals surface area contributed by atoms with Gasteiger partial charge in [0.25, 0.3) is 0 Å². The van der Waals surface area contributed by atoms with Crippen molar-refractivity contribution in [1.29, 1.82) is 0 Å². The molecule has 0 aromatic heterocycles. The summed E-state index contributed by atoms with van der Waals surface area (Å²) < 4.78 is 10.5. The maximum atomic E-state index is 12.4. The molecule has 2 bridgehead atoms. The lowest BCUT2D eigenvalue weighted by Crippen LogP contribution is -2.45. The molecule has 4 rings (SSSR count). The molecular formula is C19H27N3O4. The van der Waals surface area contributed by atoms with E-state index in [4.69, 9.17) is 9.47 Å². The maximum Gasteiger partial charge on any atom is 0.234 e. The average molecular weight is 361 g/mol. The monoisotopic (exact) mass is 361 g/mol. The lowest BCUT2D eigenvalue weighted by Gasteiger charge is -2.32. The zero-order chi connectivity index (χ0) is 18.7. The van der Waals surface area contributed by atoms with Gasteiger partial charge in [-0.05, 0) is 30.5 Å². The number of benzene rings is 1. The summed E-state index contributed by atoms with van der Waals surface area (Å²) in [6, 6.07) is 5.81. The predicted octanol–water partition coefficient (Wildman–Crippen LogP) is 0.873. The average Bonchev–Trinajstić information content (AvgIpc) is 2.92. The third kappa shape index (κ3) is 3.93. The quantitative estimate of drug-likeness (QED) is 0.814. The molecule has 1 aromatic rings. The molecule has 0 radical (unpaired) electrons. The second kappa shape index (κ2) is 7.95. The number of nitrogens with zero attached hydrogens (tertiary/aromatic N) is 2. The molecule has 3 aliphatic heterocycles. The minimum Gasteiger partial charge on any atom is -0.493 e. The van der Waals surface area contributed by atoms with Crippen molar-refractivity contribution in [2.24, 2.45) is 5.92 Å². The lowest BCUT2D eigenvalue weighted by atomic mass is 9.95. The van der Waals surface area contributed by atoms with Crippen LogP contribution in [0.25, 0.3) is 0 Å². The molecule has 7 heteroatoms. The number of piperidine rings is 1. The molecule has 2 amide bonds. The summed E-state index contributed by atoms with van der Waals surface area (Å²) in [5.41, 5.74) is 0.946. The molecule has 142 valence electrons. The predicted molar refractivity (Wildman–Crippen MR) is 97.1 cm³/mol. The third-order valence-corrected chi connectivity index (χ3v) is 5.35. The maximum absolute atomic E-state index is 12.4. The first-order chi connectivity index (χ1) is 12.5. The van der Waals surface area contributed by atoms with E-state index in [0.717, 1.165) is 24.9 Å². The summed E-state index contributed by atoms with van der Waals surface area (Å²) in [7, 11) is 5.06. The Labute approximate surface area is 154 Å². The highest BCUT2D eigenvalue weighted by molar-refractivity contribution is 5.81. The number of hydrogen-bond acceptors (Lipinski definition) is 5. The molecule has 3 heterocycles. The summed E-state index contributed by atoms with van der Waals surface area (Å²) >= 11 is 0. The van der Waals surface area contributed by atoms with Crippen molar-refractivity contribution in [1.82, 2.24) is 15.1 Å². The van der Waals surface area contributed by atoms with Crippen molar-refractivity contribution < 1.29 is 19.1 Å². The van der Waals surface area contributed by atoms with Crippen LogP contribution in [0.15, 0.2) is 18.2 Å². The Hall–Kier alpha value is -2.28. The van der Waals surface area contributed by atoms with Crippen LogP contribution in [-0.4, -0.2) is 68.6 Å². The third-order valence-electron chi connectivity index (χ3n) is 5.35. The highest BCUT2D eigenvalue weighted by Gasteiger charge is 2.38. The first kappa shape index (κ1) is 18.5. The zero-order valence-electron chi connectivity index (χ0n) is 15.7. The molecule has 7 nitrogen and oxygen atoms in total. The number of carbonyl (C=O) groups is 2. The summed E-state index contributed by atoms with van der Waals surface area (Å²) in [4.78, 5) is 28.6. The smallest absolute Gasteiger partial charge is 0.234 e. The Morgan fingerprint density at radius 1 is 1.19 bits per heavy atom. The summed E-state index contributed by atoms with van der Waals surface area (Å²) in [5.74, 6) is 1.52. The van der Waals surface area contributed by atoms with E-state index in [-0.39, 0.29) is 23.8 Å². The Morgan fingerprint density at radius 2 is 1.96 bits per heavy atom. The normalized spacial score (nSPS) is 22.9. The Kier molecular flexibility index (Phi) is 5.66. The van der Waals surface area contributed by atoms with E-state index in [1.54, 1.807) is 14.2 Å². The molecule has 0 spiro atoms. The number of rotatable bonds is 6. The van der Waals surface area contributed by atoms with Gasteiger partial charge in [-0.25, -0.2) is 0 Å². The van der Waals surface area contributed by atoms with Crippen LogP contribution in [0, 0.1) is 5.92 Å². The molecule has 3 fully saturated rings. The molecular weight excluding hydrogens is 334 g/mol. The van der Waals surface area contributed by atoms with Crippen LogP contribution < -0.4 is 14.8 Å². The molecule has 1 N–H and O–H groups in total.